The quantitative estimate of drug-likeness (QED) is 0.360. The highest BCUT2D eigenvalue weighted by Crippen LogP contribution is 2.32. The van der Waals surface area contributed by atoms with Crippen molar-refractivity contribution < 1.29 is 22.7 Å². The van der Waals surface area contributed by atoms with Crippen LogP contribution < -0.4 is 19.2 Å². The van der Waals surface area contributed by atoms with E-state index < -0.39 is 22.5 Å². The average Bonchev–Trinajstić information content (AvgIpc) is 2.83. The number of hydrogen-bond donors (Lipinski definition) is 1. The fourth-order valence-corrected chi connectivity index (χ4v) is 4.98. The molecule has 0 atom stereocenters. The number of carbonyl (C=O) groups excluding carboxylic acids is 1. The van der Waals surface area contributed by atoms with Gasteiger partial charge in [-0.1, -0.05) is 39.7 Å². The number of para-hydroxylation sites is 1. The lowest BCUT2D eigenvalue weighted by molar-refractivity contribution is -0.119. The van der Waals surface area contributed by atoms with Gasteiger partial charge in [-0.3, -0.25) is 9.10 Å². The third-order valence-corrected chi connectivity index (χ3v) is 7.32. The van der Waals surface area contributed by atoms with E-state index in [1.54, 1.807) is 54.6 Å². The maximum Gasteiger partial charge on any atom is 0.264 e. The van der Waals surface area contributed by atoms with E-state index in [1.165, 1.54) is 18.3 Å². The zero-order valence-electron chi connectivity index (χ0n) is 18.3. The molecule has 1 heterocycles. The lowest BCUT2D eigenvalue weighted by atomic mass is 10.2. The summed E-state index contributed by atoms with van der Waals surface area (Å²) in [6.07, 6.45) is 1.43. The van der Waals surface area contributed by atoms with Gasteiger partial charge in [0, 0.05) is 10.0 Å². The molecule has 0 spiro atoms. The molecule has 10 heteroatoms. The topological polar surface area (TPSA) is 97.3 Å². The minimum atomic E-state index is -4.00. The first kappa shape index (κ1) is 23.8. The van der Waals surface area contributed by atoms with Crippen molar-refractivity contribution in [3.63, 3.8) is 0 Å². The highest BCUT2D eigenvalue weighted by Gasteiger charge is 2.27. The van der Waals surface area contributed by atoms with Crippen molar-refractivity contribution in [3.8, 4) is 11.5 Å². The highest BCUT2D eigenvalue weighted by atomic mass is 79.9. The number of amides is 1. The summed E-state index contributed by atoms with van der Waals surface area (Å²) in [7, 11) is -4.00. The third-order valence-electron chi connectivity index (χ3n) is 5.00. The lowest BCUT2D eigenvalue weighted by Gasteiger charge is -2.24. The van der Waals surface area contributed by atoms with Crippen LogP contribution in [-0.2, 0) is 14.8 Å². The van der Waals surface area contributed by atoms with Crippen LogP contribution in [-0.4, -0.2) is 40.3 Å². The molecule has 1 amide bonds. The molecular weight excluding hydrogens is 522 g/mol. The van der Waals surface area contributed by atoms with Gasteiger partial charge in [0.25, 0.3) is 15.9 Å². The highest BCUT2D eigenvalue weighted by molar-refractivity contribution is 9.10. The Kier molecular flexibility index (Phi) is 7.18. The fraction of sp³-hybridized carbons (Fsp3) is 0.167. The molecule has 3 aromatic rings. The smallest absolute Gasteiger partial charge is 0.264 e. The van der Waals surface area contributed by atoms with Crippen LogP contribution in [0.3, 0.4) is 0 Å². The largest absolute Gasteiger partial charge is 0.486 e. The molecule has 1 aliphatic heterocycles. The Balaban J connectivity index is 1.54. The number of nitrogens with one attached hydrogen (secondary N) is 1. The minimum Gasteiger partial charge on any atom is -0.486 e. The number of sulfonamides is 1. The number of rotatable bonds is 7. The van der Waals surface area contributed by atoms with Crippen LogP contribution in [0.15, 0.2) is 81.2 Å². The number of hydrazone groups is 1. The molecule has 0 saturated carbocycles. The zero-order chi connectivity index (χ0) is 24.1. The van der Waals surface area contributed by atoms with Gasteiger partial charge in [-0.15, -0.1) is 0 Å². The van der Waals surface area contributed by atoms with Gasteiger partial charge in [0.05, 0.1) is 16.8 Å². The van der Waals surface area contributed by atoms with Crippen molar-refractivity contribution >= 4 is 43.8 Å². The van der Waals surface area contributed by atoms with Crippen molar-refractivity contribution in [2.75, 3.05) is 24.1 Å². The van der Waals surface area contributed by atoms with Crippen molar-refractivity contribution in [1.29, 1.82) is 0 Å². The molecular formula is C24H22BrN3O5S. The first-order valence-corrected chi connectivity index (χ1v) is 12.6. The summed E-state index contributed by atoms with van der Waals surface area (Å²) in [4.78, 5) is 12.8. The summed E-state index contributed by atoms with van der Waals surface area (Å²) >= 11 is 3.35. The maximum absolute atomic E-state index is 13.4. The van der Waals surface area contributed by atoms with E-state index in [0.717, 1.165) is 14.3 Å². The Morgan fingerprint density at radius 1 is 1.06 bits per heavy atom. The predicted octanol–water partition coefficient (Wildman–Crippen LogP) is 3.87. The van der Waals surface area contributed by atoms with E-state index in [1.807, 2.05) is 6.92 Å². The molecule has 0 radical (unpaired) electrons. The van der Waals surface area contributed by atoms with Gasteiger partial charge in [0.15, 0.2) is 11.5 Å². The number of benzene rings is 3. The Hall–Kier alpha value is -3.37. The lowest BCUT2D eigenvalue weighted by Crippen LogP contribution is -2.39. The van der Waals surface area contributed by atoms with E-state index in [4.69, 9.17) is 9.47 Å². The zero-order valence-corrected chi connectivity index (χ0v) is 20.7. The van der Waals surface area contributed by atoms with Gasteiger partial charge < -0.3 is 9.47 Å². The number of fused-ring (bicyclic) bond motifs is 1. The van der Waals surface area contributed by atoms with Gasteiger partial charge >= 0.3 is 0 Å². The van der Waals surface area contributed by atoms with Crippen LogP contribution in [0, 0.1) is 6.92 Å². The number of carbonyl (C=O) groups is 1. The van der Waals surface area contributed by atoms with Gasteiger partial charge in [-0.25, -0.2) is 13.8 Å². The number of anilines is 1. The van der Waals surface area contributed by atoms with Crippen LogP contribution in [0.4, 0.5) is 5.69 Å². The molecule has 176 valence electrons. The molecule has 0 aliphatic carbocycles. The second-order valence-corrected chi connectivity index (χ2v) is 10.2. The van der Waals surface area contributed by atoms with Gasteiger partial charge in [-0.2, -0.15) is 5.10 Å². The normalized spacial score (nSPS) is 13.0. The maximum atomic E-state index is 13.4. The number of aryl methyl sites for hydroxylation is 1. The summed E-state index contributed by atoms with van der Waals surface area (Å²) in [5.41, 5.74) is 4.32. The summed E-state index contributed by atoms with van der Waals surface area (Å²) in [5.74, 6) is 0.550. The van der Waals surface area contributed by atoms with Gasteiger partial charge in [-0.05, 0) is 55.5 Å². The van der Waals surface area contributed by atoms with Crippen LogP contribution in [0.2, 0.25) is 0 Å². The van der Waals surface area contributed by atoms with Crippen molar-refractivity contribution in [3.05, 3.63) is 82.3 Å². The summed E-state index contributed by atoms with van der Waals surface area (Å²) < 4.78 is 39.8. The molecule has 1 N–H and O–H groups in total. The molecule has 8 nitrogen and oxygen atoms in total. The average molecular weight is 544 g/mol. The summed E-state index contributed by atoms with van der Waals surface area (Å²) in [5, 5.41) is 3.99. The summed E-state index contributed by atoms with van der Waals surface area (Å²) in [6, 6.07) is 18.5. The molecule has 1 aliphatic rings. The number of halogens is 1. The predicted molar refractivity (Wildman–Crippen MR) is 133 cm³/mol. The first-order chi connectivity index (χ1) is 16.3. The van der Waals surface area contributed by atoms with E-state index >= 15 is 0 Å². The standard InChI is InChI=1S/C24H22BrN3O5S/c1-17-5-11-21(12-6-17)34(30,31)28(20-9-7-19(25)8-10-20)16-23(29)27-26-15-18-3-2-4-22-24(18)33-14-13-32-22/h2-12,15H,13-14,16H2,1H3,(H,27,29)/b26-15+. The van der Waals surface area contributed by atoms with Crippen molar-refractivity contribution in [2.24, 2.45) is 5.10 Å². The van der Waals surface area contributed by atoms with E-state index in [2.05, 4.69) is 26.5 Å². The second-order valence-electron chi connectivity index (χ2n) is 7.47. The molecule has 3 aromatic carbocycles. The van der Waals surface area contributed by atoms with Gasteiger partial charge in [0.2, 0.25) is 0 Å². The Labute approximate surface area is 206 Å². The Morgan fingerprint density at radius 3 is 2.50 bits per heavy atom. The summed E-state index contributed by atoms with van der Waals surface area (Å²) in [6.45, 7) is 2.30. The molecule has 4 rings (SSSR count). The van der Waals surface area contributed by atoms with Crippen LogP contribution in [0.1, 0.15) is 11.1 Å². The van der Waals surface area contributed by atoms with Crippen LogP contribution >= 0.6 is 15.9 Å². The molecule has 0 saturated heterocycles. The second kappa shape index (κ2) is 10.3. The van der Waals surface area contributed by atoms with E-state index in [-0.39, 0.29) is 4.90 Å². The monoisotopic (exact) mass is 543 g/mol. The van der Waals surface area contributed by atoms with Crippen LogP contribution in [0.5, 0.6) is 11.5 Å². The molecule has 0 bridgehead atoms. The third kappa shape index (κ3) is 5.40. The van der Waals surface area contributed by atoms with E-state index in [0.29, 0.717) is 36.0 Å². The minimum absolute atomic E-state index is 0.0883. The Bertz CT molecular complexity index is 1310. The van der Waals surface area contributed by atoms with Crippen molar-refractivity contribution in [1.82, 2.24) is 5.43 Å². The molecule has 0 aromatic heterocycles. The molecule has 0 unspecified atom stereocenters. The number of nitrogens with zero attached hydrogens (tertiary/aromatic N) is 2. The number of ether oxygens (including phenoxy) is 2. The SMILES string of the molecule is Cc1ccc(S(=O)(=O)N(CC(=O)N/N=C/c2cccc3c2OCCO3)c2ccc(Br)cc2)cc1. The molecule has 0 fully saturated rings. The Morgan fingerprint density at radius 2 is 1.76 bits per heavy atom. The van der Waals surface area contributed by atoms with Gasteiger partial charge in [0.1, 0.15) is 19.8 Å². The van der Waals surface area contributed by atoms with E-state index in [9.17, 15) is 13.2 Å². The first-order valence-electron chi connectivity index (χ1n) is 10.4. The molecule has 34 heavy (non-hydrogen) atoms. The van der Waals surface area contributed by atoms with Crippen LogP contribution in [0.25, 0.3) is 0 Å². The van der Waals surface area contributed by atoms with Crippen molar-refractivity contribution in [2.45, 2.75) is 11.8 Å². The number of hydrogen-bond acceptors (Lipinski definition) is 6. The fourth-order valence-electron chi connectivity index (χ4n) is 3.30.